The summed E-state index contributed by atoms with van der Waals surface area (Å²) in [5.74, 6) is 0.664. The molecule has 1 aromatic rings. The van der Waals surface area contributed by atoms with Crippen molar-refractivity contribution in [3.05, 3.63) is 29.8 Å². The molecule has 2 aliphatic heterocycles. The van der Waals surface area contributed by atoms with E-state index in [9.17, 15) is 0 Å². The summed E-state index contributed by atoms with van der Waals surface area (Å²) in [6, 6.07) is 9.51. The van der Waals surface area contributed by atoms with Gasteiger partial charge < -0.3 is 15.0 Å². The highest BCUT2D eigenvalue weighted by molar-refractivity contribution is 5.62. The quantitative estimate of drug-likeness (QED) is 0.856. The summed E-state index contributed by atoms with van der Waals surface area (Å²) in [4.78, 5) is 2.55. The van der Waals surface area contributed by atoms with E-state index in [2.05, 4.69) is 34.5 Å². The molecule has 0 saturated carbocycles. The van der Waals surface area contributed by atoms with Gasteiger partial charge in [-0.15, -0.1) is 0 Å². The maximum atomic E-state index is 5.24. The van der Waals surface area contributed by atoms with Gasteiger partial charge in [0.25, 0.3) is 0 Å². The largest absolute Gasteiger partial charge is 0.383 e. The second kappa shape index (κ2) is 4.67. The van der Waals surface area contributed by atoms with Crippen molar-refractivity contribution in [1.29, 1.82) is 0 Å². The third-order valence-corrected chi connectivity index (χ3v) is 4.03. The van der Waals surface area contributed by atoms with E-state index in [-0.39, 0.29) is 0 Å². The van der Waals surface area contributed by atoms with Crippen molar-refractivity contribution in [3.63, 3.8) is 0 Å². The van der Waals surface area contributed by atoms with Crippen LogP contribution in [0.15, 0.2) is 24.3 Å². The molecule has 1 N–H and O–H groups in total. The fourth-order valence-corrected chi connectivity index (χ4v) is 3.25. The fraction of sp³-hybridized carbons (Fsp3) is 0.571. The van der Waals surface area contributed by atoms with Crippen LogP contribution in [0.25, 0.3) is 0 Å². The highest BCUT2D eigenvalue weighted by Crippen LogP contribution is 2.42. The number of nitrogens with zero attached hydrogens (tertiary/aromatic N) is 1. The van der Waals surface area contributed by atoms with E-state index < -0.39 is 0 Å². The molecule has 0 spiro atoms. The Bertz CT molecular complexity index is 394. The molecule has 3 heteroatoms. The molecule has 0 radical (unpaired) electrons. The van der Waals surface area contributed by atoms with Crippen molar-refractivity contribution in [3.8, 4) is 0 Å². The van der Waals surface area contributed by atoms with E-state index in [1.54, 1.807) is 7.11 Å². The molecule has 2 heterocycles. The van der Waals surface area contributed by atoms with Gasteiger partial charge in [0.05, 0.1) is 6.61 Å². The van der Waals surface area contributed by atoms with Gasteiger partial charge in [0.15, 0.2) is 0 Å². The topological polar surface area (TPSA) is 24.5 Å². The molecule has 1 aromatic carbocycles. The lowest BCUT2D eigenvalue weighted by Gasteiger charge is -2.33. The summed E-state index contributed by atoms with van der Waals surface area (Å²) in [5.41, 5.74) is 2.93. The van der Waals surface area contributed by atoms with Crippen LogP contribution in [-0.2, 0) is 4.74 Å². The van der Waals surface area contributed by atoms with Gasteiger partial charge in [0.1, 0.15) is 0 Å². The molecular weight excluding hydrogens is 212 g/mol. The number of nitrogens with one attached hydrogen (secondary N) is 1. The predicted octanol–water partition coefficient (Wildman–Crippen LogP) is 1.60. The Labute approximate surface area is 103 Å². The second-order valence-corrected chi connectivity index (χ2v) is 4.91. The number of benzene rings is 1. The molecule has 0 unspecified atom stereocenters. The predicted molar refractivity (Wildman–Crippen MR) is 69.7 cm³/mol. The molecule has 0 amide bonds. The minimum atomic E-state index is 0.664. The zero-order valence-electron chi connectivity index (χ0n) is 10.4. The van der Waals surface area contributed by atoms with Gasteiger partial charge in [-0.2, -0.15) is 0 Å². The highest BCUT2D eigenvalue weighted by atomic mass is 16.5. The summed E-state index contributed by atoms with van der Waals surface area (Å²) in [7, 11) is 1.78. The van der Waals surface area contributed by atoms with E-state index >= 15 is 0 Å². The number of fused-ring (bicyclic) bond motifs is 3. The van der Waals surface area contributed by atoms with Crippen LogP contribution in [0.1, 0.15) is 17.9 Å². The average molecular weight is 232 g/mol. The van der Waals surface area contributed by atoms with E-state index in [1.165, 1.54) is 17.7 Å². The maximum absolute atomic E-state index is 5.24. The summed E-state index contributed by atoms with van der Waals surface area (Å²) in [6.45, 7) is 4.07. The lowest BCUT2D eigenvalue weighted by Crippen LogP contribution is -2.45. The molecule has 1 fully saturated rings. The minimum Gasteiger partial charge on any atom is -0.383 e. The first-order valence-electron chi connectivity index (χ1n) is 6.47. The van der Waals surface area contributed by atoms with Crippen LogP contribution in [0.5, 0.6) is 0 Å². The second-order valence-electron chi connectivity index (χ2n) is 4.91. The Morgan fingerprint density at radius 2 is 2.29 bits per heavy atom. The van der Waals surface area contributed by atoms with E-state index in [0.717, 1.165) is 26.2 Å². The van der Waals surface area contributed by atoms with E-state index in [0.29, 0.717) is 12.0 Å². The number of para-hydroxylation sites is 1. The molecule has 0 aliphatic carbocycles. The Morgan fingerprint density at radius 1 is 1.41 bits per heavy atom. The number of piperidine rings is 1. The Kier molecular flexibility index (Phi) is 3.04. The first kappa shape index (κ1) is 11.1. The summed E-state index contributed by atoms with van der Waals surface area (Å²) in [5, 5.41) is 3.52. The van der Waals surface area contributed by atoms with Gasteiger partial charge in [-0.05, 0) is 24.6 Å². The SMILES string of the molecule is COCCN1c2ccccc2[C@@H]2CNCC[C@@H]21. The van der Waals surface area contributed by atoms with E-state index in [4.69, 9.17) is 4.74 Å². The smallest absolute Gasteiger partial charge is 0.0637 e. The number of hydrogen-bond donors (Lipinski definition) is 1. The van der Waals surface area contributed by atoms with Crippen LogP contribution in [0.3, 0.4) is 0 Å². The number of anilines is 1. The van der Waals surface area contributed by atoms with Gasteiger partial charge in [0.2, 0.25) is 0 Å². The van der Waals surface area contributed by atoms with Crippen molar-refractivity contribution in [2.24, 2.45) is 0 Å². The molecular formula is C14H20N2O. The standard InChI is InChI=1S/C14H20N2O/c1-17-9-8-16-13-5-3-2-4-11(13)12-10-15-7-6-14(12)16/h2-5,12,14-15H,6-10H2,1H3/t12-,14-/m0/s1. The van der Waals surface area contributed by atoms with Crippen LogP contribution < -0.4 is 10.2 Å². The number of hydrogen-bond acceptors (Lipinski definition) is 3. The summed E-state index contributed by atoms with van der Waals surface area (Å²) in [6.07, 6.45) is 1.24. The average Bonchev–Trinajstić information content (AvgIpc) is 2.71. The van der Waals surface area contributed by atoms with Crippen LogP contribution in [0.4, 0.5) is 5.69 Å². The lowest BCUT2D eigenvalue weighted by atomic mass is 9.90. The third kappa shape index (κ3) is 1.83. The van der Waals surface area contributed by atoms with Crippen molar-refractivity contribution in [2.75, 3.05) is 38.3 Å². The van der Waals surface area contributed by atoms with Crippen LogP contribution in [-0.4, -0.2) is 39.4 Å². The lowest BCUT2D eigenvalue weighted by molar-refractivity contribution is 0.201. The number of rotatable bonds is 3. The number of methoxy groups -OCH3 is 1. The molecule has 2 aliphatic rings. The Hall–Kier alpha value is -1.06. The molecule has 2 atom stereocenters. The Morgan fingerprint density at radius 3 is 3.18 bits per heavy atom. The molecule has 17 heavy (non-hydrogen) atoms. The first-order valence-corrected chi connectivity index (χ1v) is 6.47. The Balaban J connectivity index is 1.91. The zero-order valence-corrected chi connectivity index (χ0v) is 10.4. The molecule has 3 nitrogen and oxygen atoms in total. The van der Waals surface area contributed by atoms with Crippen molar-refractivity contribution >= 4 is 5.69 Å². The maximum Gasteiger partial charge on any atom is 0.0637 e. The molecule has 0 bridgehead atoms. The summed E-state index contributed by atoms with van der Waals surface area (Å²) < 4.78 is 5.24. The highest BCUT2D eigenvalue weighted by Gasteiger charge is 2.38. The number of ether oxygens (including phenoxy) is 1. The zero-order chi connectivity index (χ0) is 11.7. The summed E-state index contributed by atoms with van der Waals surface area (Å²) >= 11 is 0. The first-order chi connectivity index (χ1) is 8.42. The van der Waals surface area contributed by atoms with Gasteiger partial charge in [-0.3, -0.25) is 0 Å². The fourth-order valence-electron chi connectivity index (χ4n) is 3.25. The van der Waals surface area contributed by atoms with Crippen molar-refractivity contribution in [2.45, 2.75) is 18.4 Å². The van der Waals surface area contributed by atoms with E-state index in [1.807, 2.05) is 0 Å². The minimum absolute atomic E-state index is 0.664. The molecule has 0 aromatic heterocycles. The van der Waals surface area contributed by atoms with Crippen molar-refractivity contribution in [1.82, 2.24) is 5.32 Å². The molecule has 1 saturated heterocycles. The third-order valence-electron chi connectivity index (χ3n) is 4.03. The molecule has 92 valence electrons. The van der Waals surface area contributed by atoms with Crippen LogP contribution in [0.2, 0.25) is 0 Å². The monoisotopic (exact) mass is 232 g/mol. The normalized spacial score (nSPS) is 26.8. The van der Waals surface area contributed by atoms with Crippen LogP contribution in [0, 0.1) is 0 Å². The van der Waals surface area contributed by atoms with Gasteiger partial charge in [-0.1, -0.05) is 18.2 Å². The van der Waals surface area contributed by atoms with Gasteiger partial charge in [0, 0.05) is 37.8 Å². The van der Waals surface area contributed by atoms with Gasteiger partial charge >= 0.3 is 0 Å². The van der Waals surface area contributed by atoms with Crippen LogP contribution >= 0.6 is 0 Å². The molecule has 3 rings (SSSR count). The van der Waals surface area contributed by atoms with Crippen molar-refractivity contribution < 1.29 is 4.74 Å². The van der Waals surface area contributed by atoms with Gasteiger partial charge in [-0.25, -0.2) is 0 Å².